The number of hydrogen-bond acceptors (Lipinski definition) is 5. The number of ether oxygens (including phenoxy) is 2. The van der Waals surface area contributed by atoms with Crippen LogP contribution in [0.25, 0.3) is 0 Å². The molecule has 0 aromatic heterocycles. The molecule has 1 heterocycles. The highest BCUT2D eigenvalue weighted by Gasteiger charge is 2.14. The van der Waals surface area contributed by atoms with E-state index in [4.69, 9.17) is 9.47 Å². The average Bonchev–Trinajstić information content (AvgIpc) is 3.10. The zero-order valence-corrected chi connectivity index (χ0v) is 14.6. The quantitative estimate of drug-likeness (QED) is 0.640. The minimum Gasteiger partial charge on any atom is -0.454 e. The topological polar surface area (TPSA) is 83.4 Å². The van der Waals surface area contributed by atoms with Gasteiger partial charge in [0.15, 0.2) is 11.5 Å². The summed E-state index contributed by atoms with van der Waals surface area (Å²) in [6.45, 7) is 4.43. The van der Waals surface area contributed by atoms with Crippen LogP contribution in [-0.4, -0.2) is 12.7 Å². The van der Waals surface area contributed by atoms with Crippen LogP contribution in [0.4, 0.5) is 5.69 Å². The van der Waals surface area contributed by atoms with Gasteiger partial charge in [0.1, 0.15) is 11.6 Å². The van der Waals surface area contributed by atoms with Crippen molar-refractivity contribution >= 4 is 11.6 Å². The molecule has 1 amide bonds. The third-order valence-corrected chi connectivity index (χ3v) is 4.10. The summed E-state index contributed by atoms with van der Waals surface area (Å²) in [6, 6.07) is 13.3. The lowest BCUT2D eigenvalue weighted by molar-refractivity contribution is -0.117. The van der Waals surface area contributed by atoms with Gasteiger partial charge in [-0.05, 0) is 42.7 Å². The van der Waals surface area contributed by atoms with Crippen molar-refractivity contribution in [2.24, 2.45) is 0 Å². The minimum atomic E-state index is -0.441. The van der Waals surface area contributed by atoms with E-state index in [2.05, 4.69) is 10.6 Å². The van der Waals surface area contributed by atoms with E-state index in [9.17, 15) is 10.1 Å². The van der Waals surface area contributed by atoms with Gasteiger partial charge in [-0.2, -0.15) is 5.26 Å². The minimum absolute atomic E-state index is 0.00777. The number of amides is 1. The molecule has 0 saturated carbocycles. The molecule has 0 aliphatic carbocycles. The van der Waals surface area contributed by atoms with Crippen LogP contribution >= 0.6 is 0 Å². The maximum Gasteiger partial charge on any atom is 0.263 e. The Labute approximate surface area is 152 Å². The smallest absolute Gasteiger partial charge is 0.263 e. The summed E-state index contributed by atoms with van der Waals surface area (Å²) in [5, 5.41) is 15.1. The molecule has 0 fully saturated rings. The van der Waals surface area contributed by atoms with Gasteiger partial charge in [0.05, 0.1) is 0 Å². The van der Waals surface area contributed by atoms with Crippen molar-refractivity contribution in [1.29, 1.82) is 5.26 Å². The SMILES string of the molecule is Cc1cccc(C)c1N/C=C(/C#N)C(=O)NCc1ccc2c(c1)OCO2. The molecule has 0 spiro atoms. The summed E-state index contributed by atoms with van der Waals surface area (Å²) >= 11 is 0. The largest absolute Gasteiger partial charge is 0.454 e. The van der Waals surface area contributed by atoms with Gasteiger partial charge in [-0.3, -0.25) is 4.79 Å². The van der Waals surface area contributed by atoms with Crippen molar-refractivity contribution in [3.63, 3.8) is 0 Å². The lowest BCUT2D eigenvalue weighted by Crippen LogP contribution is -2.24. The lowest BCUT2D eigenvalue weighted by Gasteiger charge is -2.10. The van der Waals surface area contributed by atoms with Crippen molar-refractivity contribution in [2.75, 3.05) is 12.1 Å². The summed E-state index contributed by atoms with van der Waals surface area (Å²) in [6.07, 6.45) is 1.43. The molecule has 0 bridgehead atoms. The summed E-state index contributed by atoms with van der Waals surface area (Å²) < 4.78 is 10.6. The molecule has 0 saturated heterocycles. The summed E-state index contributed by atoms with van der Waals surface area (Å²) in [5.41, 5.74) is 3.85. The number of anilines is 1. The van der Waals surface area contributed by atoms with Gasteiger partial charge in [-0.15, -0.1) is 0 Å². The van der Waals surface area contributed by atoms with Gasteiger partial charge in [0.25, 0.3) is 5.91 Å². The monoisotopic (exact) mass is 349 g/mol. The van der Waals surface area contributed by atoms with Crippen molar-refractivity contribution in [3.8, 4) is 17.6 Å². The fourth-order valence-corrected chi connectivity index (χ4v) is 2.66. The van der Waals surface area contributed by atoms with E-state index in [0.717, 1.165) is 22.4 Å². The van der Waals surface area contributed by atoms with E-state index in [0.29, 0.717) is 11.5 Å². The van der Waals surface area contributed by atoms with Crippen molar-refractivity contribution in [2.45, 2.75) is 20.4 Å². The first-order chi connectivity index (χ1) is 12.6. The number of para-hydroxylation sites is 1. The molecule has 6 heteroatoms. The summed E-state index contributed by atoms with van der Waals surface area (Å²) in [4.78, 5) is 12.3. The van der Waals surface area contributed by atoms with Gasteiger partial charge in [0, 0.05) is 18.4 Å². The van der Waals surface area contributed by atoms with Crippen LogP contribution in [0.2, 0.25) is 0 Å². The Bertz CT molecular complexity index is 893. The highest BCUT2D eigenvalue weighted by Crippen LogP contribution is 2.32. The Kier molecular flexibility index (Phi) is 5.09. The van der Waals surface area contributed by atoms with Crippen molar-refractivity contribution in [3.05, 3.63) is 64.9 Å². The molecular weight excluding hydrogens is 330 g/mol. The van der Waals surface area contributed by atoms with Gasteiger partial charge in [0.2, 0.25) is 6.79 Å². The van der Waals surface area contributed by atoms with E-state index in [1.165, 1.54) is 6.20 Å². The summed E-state index contributed by atoms with van der Waals surface area (Å²) in [5.74, 6) is 0.906. The molecular formula is C20H19N3O3. The predicted molar refractivity (Wildman–Crippen MR) is 97.6 cm³/mol. The fourth-order valence-electron chi connectivity index (χ4n) is 2.66. The molecule has 132 valence electrons. The molecule has 2 aromatic carbocycles. The molecule has 1 aliphatic rings. The second kappa shape index (κ2) is 7.62. The first kappa shape index (κ1) is 17.4. The van der Waals surface area contributed by atoms with Crippen molar-refractivity contribution in [1.82, 2.24) is 5.32 Å². The number of nitriles is 1. The third-order valence-electron chi connectivity index (χ3n) is 4.10. The van der Waals surface area contributed by atoms with Gasteiger partial charge < -0.3 is 20.1 Å². The number of rotatable bonds is 5. The highest BCUT2D eigenvalue weighted by atomic mass is 16.7. The number of carbonyl (C=O) groups is 1. The Morgan fingerprint density at radius 1 is 1.19 bits per heavy atom. The third kappa shape index (κ3) is 3.78. The number of nitrogens with one attached hydrogen (secondary N) is 2. The number of aryl methyl sites for hydroxylation is 2. The number of hydrogen-bond donors (Lipinski definition) is 2. The van der Waals surface area contributed by atoms with Crippen LogP contribution in [0.15, 0.2) is 48.2 Å². The molecule has 2 N–H and O–H groups in total. The van der Waals surface area contributed by atoms with Crippen LogP contribution in [-0.2, 0) is 11.3 Å². The van der Waals surface area contributed by atoms with Crippen LogP contribution in [0, 0.1) is 25.2 Å². The first-order valence-electron chi connectivity index (χ1n) is 8.18. The molecule has 26 heavy (non-hydrogen) atoms. The summed E-state index contributed by atoms with van der Waals surface area (Å²) in [7, 11) is 0. The first-order valence-corrected chi connectivity index (χ1v) is 8.18. The Morgan fingerprint density at radius 2 is 1.92 bits per heavy atom. The predicted octanol–water partition coefficient (Wildman–Crippen LogP) is 3.17. The molecule has 2 aromatic rings. The van der Waals surface area contributed by atoms with Gasteiger partial charge >= 0.3 is 0 Å². The van der Waals surface area contributed by atoms with Crippen LogP contribution in [0.1, 0.15) is 16.7 Å². The maximum absolute atomic E-state index is 12.3. The zero-order valence-electron chi connectivity index (χ0n) is 14.6. The van der Waals surface area contributed by atoms with E-state index < -0.39 is 5.91 Å². The maximum atomic E-state index is 12.3. The standard InChI is InChI=1S/C20H19N3O3/c1-13-4-3-5-14(2)19(13)22-11-16(9-21)20(24)23-10-15-6-7-17-18(8-15)26-12-25-17/h3-8,11,22H,10,12H2,1-2H3,(H,23,24)/b16-11-. The number of fused-ring (bicyclic) bond motifs is 1. The van der Waals surface area contributed by atoms with Crippen LogP contribution in [0.5, 0.6) is 11.5 Å². The Morgan fingerprint density at radius 3 is 2.65 bits per heavy atom. The number of nitrogens with zero attached hydrogens (tertiary/aromatic N) is 1. The zero-order chi connectivity index (χ0) is 18.5. The normalized spacial score (nSPS) is 12.4. The molecule has 0 radical (unpaired) electrons. The van der Waals surface area contributed by atoms with Crippen LogP contribution in [0.3, 0.4) is 0 Å². The van der Waals surface area contributed by atoms with Crippen molar-refractivity contribution < 1.29 is 14.3 Å². The van der Waals surface area contributed by atoms with E-state index >= 15 is 0 Å². The molecule has 0 unspecified atom stereocenters. The average molecular weight is 349 g/mol. The van der Waals surface area contributed by atoms with E-state index in [1.807, 2.05) is 50.2 Å². The second-order valence-electron chi connectivity index (χ2n) is 5.95. The van der Waals surface area contributed by atoms with Gasteiger partial charge in [-0.25, -0.2) is 0 Å². The number of carbonyl (C=O) groups excluding carboxylic acids is 1. The highest BCUT2D eigenvalue weighted by molar-refractivity contribution is 5.97. The lowest BCUT2D eigenvalue weighted by atomic mass is 10.1. The van der Waals surface area contributed by atoms with E-state index in [-0.39, 0.29) is 18.9 Å². The Balaban J connectivity index is 1.64. The fraction of sp³-hybridized carbons (Fsp3) is 0.200. The Hall–Kier alpha value is -3.46. The van der Waals surface area contributed by atoms with Gasteiger partial charge in [-0.1, -0.05) is 24.3 Å². The molecule has 1 aliphatic heterocycles. The molecule has 0 atom stereocenters. The second-order valence-corrected chi connectivity index (χ2v) is 5.95. The van der Waals surface area contributed by atoms with E-state index in [1.54, 1.807) is 6.07 Å². The molecule has 3 rings (SSSR count). The van der Waals surface area contributed by atoms with Crippen LogP contribution < -0.4 is 20.1 Å². The number of benzene rings is 2. The molecule has 6 nitrogen and oxygen atoms in total.